The highest BCUT2D eigenvalue weighted by molar-refractivity contribution is 6.30. The second-order valence-electron chi connectivity index (χ2n) is 6.28. The Bertz CT molecular complexity index is 934. The zero-order valence-electron chi connectivity index (χ0n) is 14.5. The van der Waals surface area contributed by atoms with Crippen molar-refractivity contribution < 1.29 is 33.2 Å². The molecule has 0 radical (unpaired) electrons. The maximum atomic E-state index is 13.5. The molecule has 3 N–H and O–H groups in total. The smallest absolute Gasteiger partial charge is 0.394 e. The summed E-state index contributed by atoms with van der Waals surface area (Å²) in [6, 6.07) is 2.83. The van der Waals surface area contributed by atoms with E-state index in [1.807, 2.05) is 0 Å². The Hall–Kier alpha value is -2.34. The number of halogens is 4. The molecule has 1 fully saturated rings. The van der Waals surface area contributed by atoms with Crippen LogP contribution in [0.25, 0.3) is 16.1 Å². The van der Waals surface area contributed by atoms with Crippen LogP contribution in [0.15, 0.2) is 35.6 Å². The SMILES string of the molecule is [N-]=[N+]=N[C@H]1[C@@H](O)[C@@H](CO)O[C@@H](c2ccnn2-c2cc(Cl)ccc2C(F)(F)F)[C@@H]1O. The summed E-state index contributed by atoms with van der Waals surface area (Å²) in [5, 5.41) is 37.4. The summed E-state index contributed by atoms with van der Waals surface area (Å²) < 4.78 is 46.8. The second-order valence-corrected chi connectivity index (χ2v) is 6.72. The van der Waals surface area contributed by atoms with Gasteiger partial charge in [0.25, 0.3) is 0 Å². The Morgan fingerprint density at radius 3 is 2.62 bits per heavy atom. The molecule has 1 aliphatic heterocycles. The highest BCUT2D eigenvalue weighted by atomic mass is 35.5. The third kappa shape index (κ3) is 4.04. The number of hydrogen-bond donors (Lipinski definition) is 3. The van der Waals surface area contributed by atoms with Crippen LogP contribution in [0, 0.1) is 0 Å². The fourth-order valence-corrected chi connectivity index (χ4v) is 3.36. The van der Waals surface area contributed by atoms with Crippen LogP contribution < -0.4 is 0 Å². The third-order valence-corrected chi connectivity index (χ3v) is 4.77. The fourth-order valence-electron chi connectivity index (χ4n) is 3.19. The predicted molar refractivity (Wildman–Crippen MR) is 93.2 cm³/mol. The molecular formula is C16H15ClF3N5O4. The molecule has 9 nitrogen and oxygen atoms in total. The highest BCUT2D eigenvalue weighted by Gasteiger charge is 2.46. The molecule has 1 saturated heterocycles. The summed E-state index contributed by atoms with van der Waals surface area (Å²) >= 11 is 5.87. The van der Waals surface area contributed by atoms with E-state index < -0.39 is 54.5 Å². The molecule has 1 aromatic heterocycles. The molecule has 5 atom stereocenters. The Kier molecular flexibility index (Phi) is 6.03. The largest absolute Gasteiger partial charge is 0.418 e. The summed E-state index contributed by atoms with van der Waals surface area (Å²) in [4.78, 5) is 2.56. The second kappa shape index (κ2) is 8.19. The standard InChI is InChI=1S/C16H15ClF3N5O4/c17-7-1-2-8(16(18,19)20)10(5-7)25-9(3-4-22-25)15-14(28)12(23-24-21)13(27)11(6-26)29-15/h1-5,11-15,26-28H,6H2/t11-,12+,13+,14-,15+/m1/s1. The minimum atomic E-state index is -4.72. The number of azide groups is 1. The van der Waals surface area contributed by atoms with Crippen LogP contribution in [0.2, 0.25) is 5.02 Å². The molecule has 0 unspecified atom stereocenters. The number of aromatic nitrogens is 2. The molecule has 0 bridgehead atoms. The lowest BCUT2D eigenvalue weighted by Crippen LogP contribution is -2.54. The van der Waals surface area contributed by atoms with Crippen molar-refractivity contribution in [2.75, 3.05) is 6.61 Å². The summed E-state index contributed by atoms with van der Waals surface area (Å²) in [5.41, 5.74) is 7.24. The number of aliphatic hydroxyl groups excluding tert-OH is 3. The summed E-state index contributed by atoms with van der Waals surface area (Å²) in [6.45, 7) is -0.680. The van der Waals surface area contributed by atoms with Gasteiger partial charge in [0, 0.05) is 16.1 Å². The van der Waals surface area contributed by atoms with E-state index in [4.69, 9.17) is 21.9 Å². The zero-order valence-corrected chi connectivity index (χ0v) is 15.2. The van der Waals surface area contributed by atoms with E-state index in [1.54, 1.807) is 0 Å². The molecule has 156 valence electrons. The lowest BCUT2D eigenvalue weighted by Gasteiger charge is -2.40. The average molecular weight is 434 g/mol. The fraction of sp³-hybridized carbons (Fsp3) is 0.438. The Balaban J connectivity index is 2.11. The van der Waals surface area contributed by atoms with E-state index in [9.17, 15) is 28.5 Å². The van der Waals surface area contributed by atoms with Gasteiger partial charge in [0.2, 0.25) is 0 Å². The van der Waals surface area contributed by atoms with Gasteiger partial charge in [-0.05, 0) is 29.8 Å². The van der Waals surface area contributed by atoms with Crippen LogP contribution in [0.3, 0.4) is 0 Å². The van der Waals surface area contributed by atoms with Crippen molar-refractivity contribution in [3.05, 3.63) is 57.2 Å². The monoisotopic (exact) mass is 433 g/mol. The van der Waals surface area contributed by atoms with Gasteiger partial charge >= 0.3 is 6.18 Å². The Labute approximate surface area is 166 Å². The first kappa shape index (κ1) is 21.4. The van der Waals surface area contributed by atoms with Crippen LogP contribution in [0.1, 0.15) is 17.4 Å². The number of ether oxygens (including phenoxy) is 1. The molecule has 29 heavy (non-hydrogen) atoms. The van der Waals surface area contributed by atoms with E-state index in [0.29, 0.717) is 0 Å². The maximum Gasteiger partial charge on any atom is 0.418 e. The van der Waals surface area contributed by atoms with Crippen molar-refractivity contribution in [1.82, 2.24) is 9.78 Å². The molecule has 0 aliphatic carbocycles. The lowest BCUT2D eigenvalue weighted by atomic mass is 9.91. The van der Waals surface area contributed by atoms with Gasteiger partial charge in [0.05, 0.1) is 41.8 Å². The van der Waals surface area contributed by atoms with Crippen molar-refractivity contribution >= 4 is 11.6 Å². The third-order valence-electron chi connectivity index (χ3n) is 4.53. The van der Waals surface area contributed by atoms with Gasteiger partial charge in [-0.1, -0.05) is 16.7 Å². The van der Waals surface area contributed by atoms with Crippen LogP contribution in [0.5, 0.6) is 0 Å². The highest BCUT2D eigenvalue weighted by Crippen LogP contribution is 2.38. The van der Waals surface area contributed by atoms with Crippen molar-refractivity contribution in [2.24, 2.45) is 5.11 Å². The molecule has 13 heteroatoms. The lowest BCUT2D eigenvalue weighted by molar-refractivity contribution is -0.192. The number of nitrogens with zero attached hydrogens (tertiary/aromatic N) is 5. The van der Waals surface area contributed by atoms with Gasteiger partial charge < -0.3 is 20.1 Å². The number of hydrogen-bond acceptors (Lipinski definition) is 6. The van der Waals surface area contributed by atoms with Gasteiger partial charge in [-0.2, -0.15) is 18.3 Å². The molecule has 0 amide bonds. The topological polar surface area (TPSA) is 136 Å². The molecular weight excluding hydrogens is 419 g/mol. The van der Waals surface area contributed by atoms with Gasteiger partial charge in [0.1, 0.15) is 12.2 Å². The number of benzene rings is 1. The first-order chi connectivity index (χ1) is 13.7. The van der Waals surface area contributed by atoms with Crippen LogP contribution in [0.4, 0.5) is 13.2 Å². The Morgan fingerprint density at radius 2 is 2.00 bits per heavy atom. The van der Waals surface area contributed by atoms with Crippen molar-refractivity contribution in [2.45, 2.75) is 36.6 Å². The zero-order chi connectivity index (χ0) is 21.3. The van der Waals surface area contributed by atoms with E-state index in [1.165, 1.54) is 12.3 Å². The van der Waals surface area contributed by atoms with Crippen LogP contribution in [-0.4, -0.2) is 56.1 Å². The molecule has 2 aromatic rings. The van der Waals surface area contributed by atoms with Gasteiger partial charge in [0.15, 0.2) is 0 Å². The summed E-state index contributed by atoms with van der Waals surface area (Å²) in [5.74, 6) is 0. The minimum Gasteiger partial charge on any atom is -0.394 e. The molecule has 0 spiro atoms. The van der Waals surface area contributed by atoms with E-state index in [0.717, 1.165) is 22.9 Å². The molecule has 1 aromatic carbocycles. The minimum absolute atomic E-state index is 0.0197. The van der Waals surface area contributed by atoms with Crippen molar-refractivity contribution in [3.8, 4) is 5.69 Å². The Morgan fingerprint density at radius 1 is 1.28 bits per heavy atom. The first-order valence-corrected chi connectivity index (χ1v) is 8.64. The first-order valence-electron chi connectivity index (χ1n) is 8.26. The number of aliphatic hydroxyl groups is 3. The molecule has 0 saturated carbocycles. The summed E-state index contributed by atoms with van der Waals surface area (Å²) in [7, 11) is 0. The summed E-state index contributed by atoms with van der Waals surface area (Å²) in [6.07, 6.45) is -9.26. The van der Waals surface area contributed by atoms with Gasteiger partial charge in [-0.25, -0.2) is 4.68 Å². The van der Waals surface area contributed by atoms with E-state index in [2.05, 4.69) is 15.1 Å². The van der Waals surface area contributed by atoms with Crippen LogP contribution >= 0.6 is 11.6 Å². The number of rotatable bonds is 4. The van der Waals surface area contributed by atoms with Crippen molar-refractivity contribution in [3.63, 3.8) is 0 Å². The van der Waals surface area contributed by atoms with Crippen LogP contribution in [-0.2, 0) is 10.9 Å². The normalized spacial score (nSPS) is 27.5. The van der Waals surface area contributed by atoms with Gasteiger partial charge in [-0.3, -0.25) is 0 Å². The van der Waals surface area contributed by atoms with E-state index >= 15 is 0 Å². The molecule has 3 rings (SSSR count). The quantitative estimate of drug-likeness (QED) is 0.386. The van der Waals surface area contributed by atoms with Gasteiger partial charge in [-0.15, -0.1) is 0 Å². The predicted octanol–water partition coefficient (Wildman–Crippen LogP) is 2.38. The van der Waals surface area contributed by atoms with E-state index in [-0.39, 0.29) is 10.7 Å². The molecule has 2 heterocycles. The molecule has 1 aliphatic rings. The number of alkyl halides is 3. The average Bonchev–Trinajstić information content (AvgIpc) is 3.13. The van der Waals surface area contributed by atoms with Crippen molar-refractivity contribution in [1.29, 1.82) is 0 Å². The maximum absolute atomic E-state index is 13.5.